The highest BCUT2D eigenvalue weighted by Crippen LogP contribution is 2.35. The molecule has 4 N–H and O–H groups in total. The van der Waals surface area contributed by atoms with Crippen molar-refractivity contribution in [3.05, 3.63) is 60.4 Å². The number of hydrogen-bond donors (Lipinski definition) is 2. The first-order chi connectivity index (χ1) is 16.3. The van der Waals surface area contributed by atoms with E-state index >= 15 is 0 Å². The van der Waals surface area contributed by atoms with Gasteiger partial charge in [-0.05, 0) is 42.5 Å². The maximum Gasteiger partial charge on any atom is 0.419 e. The number of ether oxygens (including phenoxy) is 2. The van der Waals surface area contributed by atoms with E-state index in [2.05, 4.69) is 15.1 Å². The molecule has 176 valence electrons. The number of nitrogens with zero attached hydrogens (tertiary/aromatic N) is 4. The van der Waals surface area contributed by atoms with Crippen LogP contribution in [0.25, 0.3) is 28.2 Å². The van der Waals surface area contributed by atoms with Crippen molar-refractivity contribution in [2.24, 2.45) is 11.1 Å². The number of anilines is 1. The molecule has 3 aromatic heterocycles. The van der Waals surface area contributed by atoms with Crippen molar-refractivity contribution in [3.8, 4) is 28.3 Å². The summed E-state index contributed by atoms with van der Waals surface area (Å²) in [5.74, 6) is 0.115. The van der Waals surface area contributed by atoms with Gasteiger partial charge in [0.05, 0.1) is 48.4 Å². The quantitative estimate of drug-likeness (QED) is 0.444. The van der Waals surface area contributed by atoms with Crippen molar-refractivity contribution in [2.45, 2.75) is 6.18 Å². The zero-order valence-electron chi connectivity index (χ0n) is 17.9. The largest absolute Gasteiger partial charge is 0.493 e. The second kappa shape index (κ2) is 8.26. The van der Waals surface area contributed by atoms with Gasteiger partial charge in [0.2, 0.25) is 0 Å². The number of pyridine rings is 1. The maximum atomic E-state index is 13.3. The summed E-state index contributed by atoms with van der Waals surface area (Å²) in [6.07, 6.45) is -1.89. The number of aromatic nitrogens is 4. The van der Waals surface area contributed by atoms with Crippen LogP contribution in [0.15, 0.2) is 54.9 Å². The molecule has 0 radical (unpaired) electrons. The van der Waals surface area contributed by atoms with Crippen molar-refractivity contribution < 1.29 is 22.6 Å². The standard InChI is InChI=1S/C23H21F3N6O2/c24-23(25,26)17-7-15(8-30-21(17)28)19-9-29-20-6-5-18(31-32(19)20)14-1-3-16(4-2-14)34-13-22(10-27)11-33-12-22/h1-9H,10-13,27H2,(H2,28,30). The van der Waals surface area contributed by atoms with E-state index in [4.69, 9.17) is 20.9 Å². The molecular formula is C23H21F3N6O2. The summed E-state index contributed by atoms with van der Waals surface area (Å²) in [6, 6.07) is 11.9. The van der Waals surface area contributed by atoms with E-state index in [1.807, 2.05) is 24.3 Å². The lowest BCUT2D eigenvalue weighted by atomic mass is 9.87. The zero-order chi connectivity index (χ0) is 23.9. The minimum Gasteiger partial charge on any atom is -0.493 e. The van der Waals surface area contributed by atoms with E-state index < -0.39 is 17.6 Å². The summed E-state index contributed by atoms with van der Waals surface area (Å²) in [4.78, 5) is 7.96. The van der Waals surface area contributed by atoms with Crippen LogP contribution in [0, 0.1) is 5.41 Å². The fraction of sp³-hybridized carbons (Fsp3) is 0.261. The van der Waals surface area contributed by atoms with Crippen LogP contribution in [0.5, 0.6) is 5.75 Å². The summed E-state index contributed by atoms with van der Waals surface area (Å²) < 4.78 is 52.5. The van der Waals surface area contributed by atoms with Crippen molar-refractivity contribution in [3.63, 3.8) is 0 Å². The molecule has 11 heteroatoms. The van der Waals surface area contributed by atoms with Gasteiger partial charge >= 0.3 is 6.18 Å². The van der Waals surface area contributed by atoms with Crippen LogP contribution >= 0.6 is 0 Å². The number of nitrogens with two attached hydrogens (primary N) is 2. The van der Waals surface area contributed by atoms with Crippen molar-refractivity contribution in [1.29, 1.82) is 0 Å². The van der Waals surface area contributed by atoms with Crippen LogP contribution in [0.1, 0.15) is 5.56 Å². The molecule has 5 rings (SSSR count). The number of fused-ring (bicyclic) bond motifs is 1. The van der Waals surface area contributed by atoms with Crippen LogP contribution in [-0.4, -0.2) is 45.9 Å². The Morgan fingerprint density at radius 2 is 1.79 bits per heavy atom. The van der Waals surface area contributed by atoms with Gasteiger partial charge in [-0.15, -0.1) is 0 Å². The first-order valence-electron chi connectivity index (χ1n) is 10.5. The van der Waals surface area contributed by atoms with Crippen molar-refractivity contribution in [2.75, 3.05) is 32.1 Å². The lowest BCUT2D eigenvalue weighted by Crippen LogP contribution is -2.52. The monoisotopic (exact) mass is 470 g/mol. The highest BCUT2D eigenvalue weighted by molar-refractivity contribution is 5.67. The average molecular weight is 470 g/mol. The number of halogens is 3. The van der Waals surface area contributed by atoms with Gasteiger partial charge in [0, 0.05) is 23.9 Å². The second-order valence-electron chi connectivity index (χ2n) is 8.30. The first kappa shape index (κ1) is 22.1. The average Bonchev–Trinajstić information content (AvgIpc) is 3.22. The molecule has 1 saturated heterocycles. The Labute approximate surface area is 192 Å². The Hall–Kier alpha value is -3.70. The van der Waals surface area contributed by atoms with E-state index in [0.717, 1.165) is 11.6 Å². The van der Waals surface area contributed by atoms with E-state index in [-0.39, 0.29) is 11.0 Å². The highest BCUT2D eigenvalue weighted by atomic mass is 19.4. The Bertz CT molecular complexity index is 1330. The fourth-order valence-corrected chi connectivity index (χ4v) is 3.68. The fourth-order valence-electron chi connectivity index (χ4n) is 3.68. The molecule has 8 nitrogen and oxygen atoms in total. The van der Waals surface area contributed by atoms with E-state index in [1.54, 1.807) is 12.1 Å². The third-order valence-corrected chi connectivity index (χ3v) is 5.83. The number of hydrogen-bond acceptors (Lipinski definition) is 7. The molecule has 34 heavy (non-hydrogen) atoms. The lowest BCUT2D eigenvalue weighted by Gasteiger charge is -2.39. The Morgan fingerprint density at radius 1 is 1.03 bits per heavy atom. The summed E-state index contributed by atoms with van der Waals surface area (Å²) in [5, 5.41) is 4.59. The summed E-state index contributed by atoms with van der Waals surface area (Å²) >= 11 is 0. The maximum absolute atomic E-state index is 13.3. The molecule has 1 fully saturated rings. The third-order valence-electron chi connectivity index (χ3n) is 5.83. The predicted molar refractivity (Wildman–Crippen MR) is 119 cm³/mol. The summed E-state index contributed by atoms with van der Waals surface area (Å²) in [7, 11) is 0. The zero-order valence-corrected chi connectivity index (χ0v) is 17.9. The van der Waals surface area contributed by atoms with Crippen LogP contribution < -0.4 is 16.2 Å². The van der Waals surface area contributed by atoms with Gasteiger partial charge in [-0.2, -0.15) is 18.3 Å². The molecule has 0 atom stereocenters. The molecule has 0 bridgehead atoms. The van der Waals surface area contributed by atoms with Gasteiger partial charge in [0.1, 0.15) is 11.6 Å². The smallest absolute Gasteiger partial charge is 0.419 e. The van der Waals surface area contributed by atoms with Gasteiger partial charge < -0.3 is 20.9 Å². The topological polar surface area (TPSA) is 114 Å². The van der Waals surface area contributed by atoms with Gasteiger partial charge in [-0.1, -0.05) is 0 Å². The first-order valence-corrected chi connectivity index (χ1v) is 10.5. The molecule has 0 spiro atoms. The second-order valence-corrected chi connectivity index (χ2v) is 8.30. The van der Waals surface area contributed by atoms with Gasteiger partial charge in [0.25, 0.3) is 0 Å². The van der Waals surface area contributed by atoms with Gasteiger partial charge in [-0.25, -0.2) is 14.5 Å². The van der Waals surface area contributed by atoms with Crippen molar-refractivity contribution >= 4 is 11.5 Å². The Balaban J connectivity index is 1.42. The molecule has 1 aliphatic heterocycles. The molecule has 4 heterocycles. The van der Waals surface area contributed by atoms with Crippen LogP contribution in [0.4, 0.5) is 19.0 Å². The van der Waals surface area contributed by atoms with Crippen LogP contribution in [0.2, 0.25) is 0 Å². The SMILES string of the molecule is NCC1(COc2ccc(-c3ccc4ncc(-c5cnc(N)c(C(F)(F)F)c5)n4n3)cc2)COC1. The number of alkyl halides is 3. The summed E-state index contributed by atoms with van der Waals surface area (Å²) in [6.45, 7) is 2.15. The summed E-state index contributed by atoms with van der Waals surface area (Å²) in [5.41, 5.74) is 12.6. The van der Waals surface area contributed by atoms with E-state index in [9.17, 15) is 13.2 Å². The Kier molecular flexibility index (Phi) is 5.37. The van der Waals surface area contributed by atoms with Crippen LogP contribution in [0.3, 0.4) is 0 Å². The normalized spacial score (nSPS) is 15.3. The minimum absolute atomic E-state index is 0.133. The van der Waals surface area contributed by atoms with Crippen molar-refractivity contribution in [1.82, 2.24) is 19.6 Å². The van der Waals surface area contributed by atoms with E-state index in [1.165, 1.54) is 16.9 Å². The number of benzene rings is 1. The number of nitrogen functional groups attached to an aromatic ring is 1. The molecule has 0 saturated carbocycles. The van der Waals surface area contributed by atoms with E-state index in [0.29, 0.717) is 49.1 Å². The molecule has 0 unspecified atom stereocenters. The Morgan fingerprint density at radius 3 is 2.44 bits per heavy atom. The van der Waals surface area contributed by atoms with Gasteiger partial charge in [-0.3, -0.25) is 0 Å². The molecule has 0 amide bonds. The molecule has 1 aromatic carbocycles. The van der Waals surface area contributed by atoms with Gasteiger partial charge in [0.15, 0.2) is 5.65 Å². The molecule has 1 aliphatic rings. The third kappa shape index (κ3) is 4.03. The lowest BCUT2D eigenvalue weighted by molar-refractivity contribution is -0.137. The minimum atomic E-state index is -4.62. The van der Waals surface area contributed by atoms with Crippen LogP contribution in [-0.2, 0) is 10.9 Å². The predicted octanol–water partition coefficient (Wildman–Crippen LogP) is 3.41. The molecular weight excluding hydrogens is 449 g/mol. The number of rotatable bonds is 6. The molecule has 4 aromatic rings. The number of imidazole rings is 1. The highest BCUT2D eigenvalue weighted by Gasteiger charge is 2.38. The molecule has 0 aliphatic carbocycles.